The summed E-state index contributed by atoms with van der Waals surface area (Å²) in [6.07, 6.45) is 10.6. The Morgan fingerprint density at radius 1 is 0.667 bits per heavy atom. The molecule has 1 rings (SSSR count). The van der Waals surface area contributed by atoms with Gasteiger partial charge < -0.3 is 0 Å². The summed E-state index contributed by atoms with van der Waals surface area (Å²) in [6, 6.07) is 0. The normalized spacial score (nSPS) is 18.8. The molecule has 1 fully saturated rings. The number of hydrogen-bond acceptors (Lipinski definition) is 0. The van der Waals surface area contributed by atoms with Gasteiger partial charge in [-0.2, -0.15) is 0 Å². The van der Waals surface area contributed by atoms with Crippen molar-refractivity contribution >= 4 is 73.5 Å². The Balaban J connectivity index is -0.000000270. The van der Waals surface area contributed by atoms with Crippen LogP contribution in [-0.2, 0) is 0 Å². The van der Waals surface area contributed by atoms with Gasteiger partial charge in [0, 0.05) is 0 Å². The van der Waals surface area contributed by atoms with Gasteiger partial charge in [0.2, 0.25) is 0 Å². The first kappa shape index (κ1) is 19.8. The van der Waals surface area contributed by atoms with Crippen LogP contribution in [0.15, 0.2) is 0 Å². The fourth-order valence-corrected chi connectivity index (χ4v) is 2.62. The van der Waals surface area contributed by atoms with E-state index in [4.69, 9.17) is 0 Å². The molecule has 0 N–H and O–H groups in total. The Kier molecular flexibility index (Phi) is 21.8. The maximum absolute atomic E-state index is 1.78. The molecular weight excluding hydrogens is 455 g/mol. The van der Waals surface area contributed by atoms with Crippen LogP contribution >= 0.6 is 50.9 Å². The Morgan fingerprint density at radius 2 is 1.00 bits per heavy atom. The van der Waals surface area contributed by atoms with Crippen molar-refractivity contribution in [2.24, 2.45) is 0 Å². The summed E-state index contributed by atoms with van der Waals surface area (Å²) in [5.41, 5.74) is 0. The topological polar surface area (TPSA) is 0 Å². The standard InChI is InChI=1S/C8H15.3BrH.Sn/c1-2-4-6-8-7-5-3-1;;;;/h1H,2-8H2;3*1H;. The summed E-state index contributed by atoms with van der Waals surface area (Å²) in [5.74, 6) is 0. The van der Waals surface area contributed by atoms with Crippen LogP contribution in [0.5, 0.6) is 0 Å². The predicted octanol–water partition coefficient (Wildman–Crippen LogP) is 4.42. The predicted molar refractivity (Wildman–Crippen MR) is 72.8 cm³/mol. The van der Waals surface area contributed by atoms with Crippen LogP contribution in [0.1, 0.15) is 44.9 Å². The zero-order valence-corrected chi connectivity index (χ0v) is 15.2. The van der Waals surface area contributed by atoms with Crippen LogP contribution in [0.3, 0.4) is 0 Å². The molecule has 0 unspecified atom stereocenters. The van der Waals surface area contributed by atoms with Crippen molar-refractivity contribution in [3.05, 3.63) is 0 Å². The zero-order valence-electron chi connectivity index (χ0n) is 7.25. The fourth-order valence-electron chi connectivity index (χ4n) is 1.46. The van der Waals surface area contributed by atoms with Crippen molar-refractivity contribution in [2.75, 3.05) is 0 Å². The van der Waals surface area contributed by atoms with E-state index in [0.29, 0.717) is 0 Å². The van der Waals surface area contributed by atoms with Gasteiger partial charge in [-0.1, -0.05) is 0 Å². The van der Waals surface area contributed by atoms with Gasteiger partial charge >= 0.3 is 71.4 Å². The van der Waals surface area contributed by atoms with Crippen LogP contribution in [0.2, 0.25) is 3.93 Å². The van der Waals surface area contributed by atoms with Crippen LogP contribution in [0.4, 0.5) is 0 Å². The summed E-state index contributed by atoms with van der Waals surface area (Å²) >= 11 is 1.78. The van der Waals surface area contributed by atoms with E-state index in [2.05, 4.69) is 0 Å². The molecule has 1 aliphatic rings. The van der Waals surface area contributed by atoms with Gasteiger partial charge in [0.05, 0.1) is 0 Å². The van der Waals surface area contributed by atoms with Crippen molar-refractivity contribution in [3.8, 4) is 0 Å². The molecule has 0 bridgehead atoms. The molecule has 4 heteroatoms. The van der Waals surface area contributed by atoms with Gasteiger partial charge in [0.25, 0.3) is 0 Å². The summed E-state index contributed by atoms with van der Waals surface area (Å²) in [4.78, 5) is 0. The molecule has 0 saturated heterocycles. The Bertz CT molecular complexity index is 72.7. The third-order valence-electron chi connectivity index (χ3n) is 2.11. The van der Waals surface area contributed by atoms with Crippen molar-refractivity contribution in [3.63, 3.8) is 0 Å². The molecule has 0 amide bonds. The van der Waals surface area contributed by atoms with Gasteiger partial charge in [0.1, 0.15) is 0 Å². The molecule has 0 spiro atoms. The molecule has 3 radical (unpaired) electrons. The van der Waals surface area contributed by atoms with Crippen LogP contribution in [0, 0.1) is 0 Å². The van der Waals surface area contributed by atoms with Gasteiger partial charge in [-0.25, -0.2) is 0 Å². The van der Waals surface area contributed by atoms with E-state index in [1.165, 1.54) is 44.9 Å². The van der Waals surface area contributed by atoms with Gasteiger partial charge in [0.15, 0.2) is 0 Å². The maximum atomic E-state index is 1.78. The number of rotatable bonds is 0. The van der Waals surface area contributed by atoms with Crippen LogP contribution in [0.25, 0.3) is 0 Å². The second kappa shape index (κ2) is 13.2. The van der Waals surface area contributed by atoms with E-state index in [1.54, 1.807) is 22.5 Å². The average molecular weight is 473 g/mol. The van der Waals surface area contributed by atoms with Crippen LogP contribution < -0.4 is 0 Å². The molecule has 0 aromatic carbocycles. The Morgan fingerprint density at radius 3 is 1.42 bits per heavy atom. The van der Waals surface area contributed by atoms with E-state index >= 15 is 0 Å². The van der Waals surface area contributed by atoms with E-state index < -0.39 is 0 Å². The van der Waals surface area contributed by atoms with Crippen LogP contribution in [-0.4, -0.2) is 22.5 Å². The minimum atomic E-state index is 0. The molecule has 0 nitrogen and oxygen atoms in total. The first-order valence-corrected chi connectivity index (χ1v) is 5.75. The molecule has 0 aliphatic heterocycles. The molecule has 0 heterocycles. The average Bonchev–Trinajstić information content (AvgIpc) is 1.79. The molecule has 1 aliphatic carbocycles. The summed E-state index contributed by atoms with van der Waals surface area (Å²) in [7, 11) is 0. The van der Waals surface area contributed by atoms with E-state index in [0.717, 1.165) is 3.93 Å². The first-order valence-electron chi connectivity index (χ1n) is 4.11. The van der Waals surface area contributed by atoms with Crippen molar-refractivity contribution in [1.82, 2.24) is 0 Å². The third-order valence-corrected chi connectivity index (χ3v) is 3.75. The van der Waals surface area contributed by atoms with Gasteiger partial charge in [-0.3, -0.25) is 0 Å². The monoisotopic (exact) mass is 471 g/mol. The summed E-state index contributed by atoms with van der Waals surface area (Å²) < 4.78 is 1.11. The molecule has 0 atom stereocenters. The second-order valence-electron chi connectivity index (χ2n) is 3.04. The van der Waals surface area contributed by atoms with E-state index in [-0.39, 0.29) is 50.9 Å². The molecule has 75 valence electrons. The van der Waals surface area contributed by atoms with E-state index in [1.807, 2.05) is 0 Å². The molecule has 1 saturated carbocycles. The molecular formula is C8H18Br3Sn. The quantitative estimate of drug-likeness (QED) is 0.458. The zero-order chi connectivity index (χ0) is 6.53. The third kappa shape index (κ3) is 10.3. The fraction of sp³-hybridized carbons (Fsp3) is 1.00. The molecule has 12 heavy (non-hydrogen) atoms. The number of halogens is 3. The van der Waals surface area contributed by atoms with Crippen molar-refractivity contribution in [2.45, 2.75) is 48.9 Å². The van der Waals surface area contributed by atoms with Crippen molar-refractivity contribution in [1.29, 1.82) is 0 Å². The SMILES string of the molecule is Br.Br.Br.[Sn][CH]1CCCCCCC1. The first-order chi connectivity index (χ1) is 4.39. The van der Waals surface area contributed by atoms with Gasteiger partial charge in [-0.05, 0) is 0 Å². The molecule has 0 aromatic heterocycles. The summed E-state index contributed by atoms with van der Waals surface area (Å²) in [5, 5.41) is 0. The second-order valence-corrected chi connectivity index (χ2v) is 5.37. The van der Waals surface area contributed by atoms with E-state index in [9.17, 15) is 0 Å². The summed E-state index contributed by atoms with van der Waals surface area (Å²) in [6.45, 7) is 0. The Hall–Kier alpha value is 2.24. The minimum absolute atomic E-state index is 0. The molecule has 0 aromatic rings. The van der Waals surface area contributed by atoms with Crippen molar-refractivity contribution < 1.29 is 0 Å². The Labute approximate surface area is 121 Å². The number of hydrogen-bond donors (Lipinski definition) is 0. The van der Waals surface area contributed by atoms with Gasteiger partial charge in [-0.15, -0.1) is 50.9 Å².